The molecule has 0 radical (unpaired) electrons. The average molecular weight is 258 g/mol. The van der Waals surface area contributed by atoms with Gasteiger partial charge in [0.05, 0.1) is 7.05 Å². The van der Waals surface area contributed by atoms with E-state index >= 15 is 0 Å². The summed E-state index contributed by atoms with van der Waals surface area (Å²) in [5.41, 5.74) is 0.963. The number of benzene rings is 1. The molecule has 1 aromatic carbocycles. The zero-order valence-electron chi connectivity index (χ0n) is 8.48. The number of hydrogen-bond donors (Lipinski definition) is 1. The zero-order chi connectivity index (χ0) is 11.5. The minimum absolute atomic E-state index is 0.471. The molecule has 84 valence electrons. The van der Waals surface area contributed by atoms with Crippen molar-refractivity contribution in [3.05, 3.63) is 33.8 Å². The number of halogens is 2. The zero-order valence-corrected chi connectivity index (χ0v) is 10.00. The minimum atomic E-state index is 0.471. The van der Waals surface area contributed by atoms with Crippen molar-refractivity contribution in [1.82, 2.24) is 20.2 Å². The summed E-state index contributed by atoms with van der Waals surface area (Å²) in [5.74, 6) is 0.471. The molecule has 7 heteroatoms. The molecular weight excluding hydrogens is 249 g/mol. The average Bonchev–Trinajstić information content (AvgIpc) is 2.60. The molecule has 0 aliphatic heterocycles. The fraction of sp³-hybridized carbons (Fsp3) is 0.222. The van der Waals surface area contributed by atoms with E-state index in [-0.39, 0.29) is 0 Å². The number of rotatable bonds is 3. The molecule has 16 heavy (non-hydrogen) atoms. The highest BCUT2D eigenvalue weighted by atomic mass is 35.5. The maximum atomic E-state index is 5.88. The summed E-state index contributed by atoms with van der Waals surface area (Å²) in [6.45, 7) is 0.548. The third-order valence-electron chi connectivity index (χ3n) is 1.88. The van der Waals surface area contributed by atoms with Gasteiger partial charge in [-0.05, 0) is 29.0 Å². The molecule has 0 bridgehead atoms. The molecule has 1 aromatic heterocycles. The Kier molecular flexibility index (Phi) is 3.26. The number of nitrogens with zero attached hydrogens (tertiary/aromatic N) is 4. The molecule has 0 saturated carbocycles. The van der Waals surface area contributed by atoms with E-state index < -0.39 is 0 Å². The van der Waals surface area contributed by atoms with Crippen molar-refractivity contribution in [3.63, 3.8) is 0 Å². The standard InChI is InChI=1S/C9H9Cl2N5/c1-16-14-9(13-15-16)12-5-6-2-7(10)4-8(11)3-6/h2-4H,5H2,1H3,(H,12,14). The van der Waals surface area contributed by atoms with E-state index in [1.54, 1.807) is 13.1 Å². The van der Waals surface area contributed by atoms with Crippen LogP contribution in [0.25, 0.3) is 0 Å². The summed E-state index contributed by atoms with van der Waals surface area (Å²) in [5, 5.41) is 15.7. The molecule has 0 atom stereocenters. The predicted octanol–water partition coefficient (Wildman–Crippen LogP) is 2.13. The molecule has 0 unspecified atom stereocenters. The van der Waals surface area contributed by atoms with Crippen molar-refractivity contribution in [2.24, 2.45) is 7.05 Å². The van der Waals surface area contributed by atoms with Crippen LogP contribution < -0.4 is 5.32 Å². The molecule has 2 rings (SSSR count). The second kappa shape index (κ2) is 4.67. The van der Waals surface area contributed by atoms with E-state index in [2.05, 4.69) is 20.7 Å². The lowest BCUT2D eigenvalue weighted by molar-refractivity contribution is 0.630. The Morgan fingerprint density at radius 3 is 2.50 bits per heavy atom. The van der Waals surface area contributed by atoms with Gasteiger partial charge < -0.3 is 5.32 Å². The van der Waals surface area contributed by atoms with Crippen LogP contribution in [0.15, 0.2) is 18.2 Å². The van der Waals surface area contributed by atoms with Crippen molar-refractivity contribution in [2.75, 3.05) is 5.32 Å². The highest BCUT2D eigenvalue weighted by Gasteiger charge is 2.01. The van der Waals surface area contributed by atoms with Gasteiger partial charge in [-0.25, -0.2) is 0 Å². The molecule has 1 N–H and O–H groups in total. The molecule has 2 aromatic rings. The summed E-state index contributed by atoms with van der Waals surface area (Å²) >= 11 is 11.8. The lowest BCUT2D eigenvalue weighted by Crippen LogP contribution is -2.01. The second-order valence-electron chi connectivity index (χ2n) is 3.23. The molecule has 1 heterocycles. The molecule has 5 nitrogen and oxygen atoms in total. The van der Waals surface area contributed by atoms with Gasteiger partial charge in [-0.2, -0.15) is 4.80 Å². The van der Waals surface area contributed by atoms with Crippen molar-refractivity contribution < 1.29 is 0 Å². The van der Waals surface area contributed by atoms with Crippen molar-refractivity contribution >= 4 is 29.2 Å². The predicted molar refractivity (Wildman–Crippen MR) is 62.6 cm³/mol. The van der Waals surface area contributed by atoms with E-state index in [0.29, 0.717) is 22.5 Å². The van der Waals surface area contributed by atoms with Gasteiger partial charge in [0, 0.05) is 16.6 Å². The van der Waals surface area contributed by atoms with Crippen LogP contribution in [0.2, 0.25) is 10.0 Å². The number of aryl methyl sites for hydroxylation is 1. The Hall–Kier alpha value is -1.33. The number of aromatic nitrogens is 4. The first-order chi connectivity index (χ1) is 7.63. The Morgan fingerprint density at radius 2 is 1.94 bits per heavy atom. The van der Waals surface area contributed by atoms with Crippen molar-refractivity contribution in [3.8, 4) is 0 Å². The van der Waals surface area contributed by atoms with E-state index in [4.69, 9.17) is 23.2 Å². The summed E-state index contributed by atoms with van der Waals surface area (Å²) in [6.07, 6.45) is 0. The summed E-state index contributed by atoms with van der Waals surface area (Å²) in [4.78, 5) is 1.38. The minimum Gasteiger partial charge on any atom is -0.348 e. The Bertz CT molecular complexity index is 476. The fourth-order valence-corrected chi connectivity index (χ4v) is 1.82. The van der Waals surface area contributed by atoms with Gasteiger partial charge >= 0.3 is 0 Å². The first-order valence-electron chi connectivity index (χ1n) is 4.56. The van der Waals surface area contributed by atoms with Crippen LogP contribution in [0.3, 0.4) is 0 Å². The van der Waals surface area contributed by atoms with Crippen LogP contribution in [-0.4, -0.2) is 20.2 Å². The molecule has 0 saturated heterocycles. The van der Waals surface area contributed by atoms with Crippen LogP contribution in [0.4, 0.5) is 5.95 Å². The van der Waals surface area contributed by atoms with Gasteiger partial charge in [0.1, 0.15) is 0 Å². The van der Waals surface area contributed by atoms with Crippen molar-refractivity contribution in [1.29, 1.82) is 0 Å². The van der Waals surface area contributed by atoms with E-state index in [9.17, 15) is 0 Å². The van der Waals surface area contributed by atoms with Gasteiger partial charge in [0.15, 0.2) is 0 Å². The van der Waals surface area contributed by atoms with Gasteiger partial charge in [-0.15, -0.1) is 5.10 Å². The topological polar surface area (TPSA) is 55.6 Å². The Labute approximate surface area is 102 Å². The van der Waals surface area contributed by atoms with Gasteiger partial charge in [-0.3, -0.25) is 0 Å². The number of anilines is 1. The molecule has 0 spiro atoms. The SMILES string of the molecule is Cn1nnc(NCc2cc(Cl)cc(Cl)c2)n1. The van der Waals surface area contributed by atoms with Gasteiger partial charge in [0.2, 0.25) is 0 Å². The molecule has 0 aliphatic carbocycles. The largest absolute Gasteiger partial charge is 0.348 e. The van der Waals surface area contributed by atoms with Gasteiger partial charge in [-0.1, -0.05) is 28.3 Å². The van der Waals surface area contributed by atoms with Gasteiger partial charge in [0.25, 0.3) is 5.95 Å². The van der Waals surface area contributed by atoms with Crippen LogP contribution in [-0.2, 0) is 13.6 Å². The van der Waals surface area contributed by atoms with Crippen LogP contribution >= 0.6 is 23.2 Å². The third kappa shape index (κ3) is 2.84. The third-order valence-corrected chi connectivity index (χ3v) is 2.32. The van der Waals surface area contributed by atoms with E-state index in [1.807, 2.05) is 12.1 Å². The first-order valence-corrected chi connectivity index (χ1v) is 5.32. The highest BCUT2D eigenvalue weighted by molar-refractivity contribution is 6.34. The van der Waals surface area contributed by atoms with Crippen LogP contribution in [0.5, 0.6) is 0 Å². The monoisotopic (exact) mass is 257 g/mol. The smallest absolute Gasteiger partial charge is 0.263 e. The molecular formula is C9H9Cl2N5. The first kappa shape index (κ1) is 11.2. The molecule has 0 aliphatic rings. The Balaban J connectivity index is 2.04. The summed E-state index contributed by atoms with van der Waals surface area (Å²) in [7, 11) is 1.70. The summed E-state index contributed by atoms with van der Waals surface area (Å²) < 4.78 is 0. The maximum absolute atomic E-state index is 5.88. The van der Waals surface area contributed by atoms with Crippen LogP contribution in [0, 0.1) is 0 Å². The lowest BCUT2D eigenvalue weighted by atomic mass is 10.2. The number of tetrazole rings is 1. The molecule has 0 amide bonds. The number of hydrogen-bond acceptors (Lipinski definition) is 4. The fourth-order valence-electron chi connectivity index (χ4n) is 1.25. The normalized spacial score (nSPS) is 10.4. The highest BCUT2D eigenvalue weighted by Crippen LogP contribution is 2.19. The molecule has 0 fully saturated rings. The van der Waals surface area contributed by atoms with Crippen molar-refractivity contribution in [2.45, 2.75) is 6.54 Å². The van der Waals surface area contributed by atoms with E-state index in [0.717, 1.165) is 5.56 Å². The quantitative estimate of drug-likeness (QED) is 0.916. The lowest BCUT2D eigenvalue weighted by Gasteiger charge is -2.03. The number of nitrogens with one attached hydrogen (secondary N) is 1. The maximum Gasteiger partial charge on any atom is 0.263 e. The second-order valence-corrected chi connectivity index (χ2v) is 4.11. The van der Waals surface area contributed by atoms with E-state index in [1.165, 1.54) is 4.80 Å². The van der Waals surface area contributed by atoms with Crippen LogP contribution in [0.1, 0.15) is 5.56 Å². The summed E-state index contributed by atoms with van der Waals surface area (Å²) in [6, 6.07) is 5.35. The Morgan fingerprint density at radius 1 is 1.25 bits per heavy atom.